The monoisotopic (exact) mass is 365 g/mol. The van der Waals surface area contributed by atoms with Gasteiger partial charge in [0.05, 0.1) is 16.4 Å². The Kier molecular flexibility index (Phi) is 4.78. The van der Waals surface area contributed by atoms with Crippen LogP contribution in [0.1, 0.15) is 12.0 Å². The van der Waals surface area contributed by atoms with Crippen molar-refractivity contribution in [2.24, 2.45) is 0 Å². The molecule has 5 heteroatoms. The van der Waals surface area contributed by atoms with Crippen LogP contribution in [0.2, 0.25) is 5.15 Å². The molecule has 21 heavy (non-hydrogen) atoms. The van der Waals surface area contributed by atoms with Gasteiger partial charge < -0.3 is 5.32 Å². The predicted molar refractivity (Wildman–Crippen MR) is 90.7 cm³/mol. The number of hydrogen-bond donors (Lipinski definition) is 1. The van der Waals surface area contributed by atoms with Gasteiger partial charge in [0.1, 0.15) is 5.15 Å². The van der Waals surface area contributed by atoms with E-state index < -0.39 is 0 Å². The predicted octanol–water partition coefficient (Wildman–Crippen LogP) is 4.18. The third-order valence-corrected chi connectivity index (χ3v) is 4.82. The van der Waals surface area contributed by atoms with Gasteiger partial charge in [0.15, 0.2) is 0 Å². The number of pyridine rings is 1. The number of halogens is 2. The largest absolute Gasteiger partial charge is 0.380 e. The molecule has 1 saturated heterocycles. The van der Waals surface area contributed by atoms with Crippen LogP contribution in [0, 0.1) is 0 Å². The van der Waals surface area contributed by atoms with Crippen molar-refractivity contribution >= 4 is 33.2 Å². The average molecular weight is 367 g/mol. The Morgan fingerprint density at radius 3 is 2.90 bits per heavy atom. The van der Waals surface area contributed by atoms with Crippen LogP contribution in [-0.4, -0.2) is 29.0 Å². The first-order valence-electron chi connectivity index (χ1n) is 7.04. The van der Waals surface area contributed by atoms with E-state index in [1.54, 1.807) is 6.20 Å². The number of anilines is 1. The van der Waals surface area contributed by atoms with Crippen LogP contribution < -0.4 is 5.32 Å². The van der Waals surface area contributed by atoms with Crippen molar-refractivity contribution in [1.29, 1.82) is 0 Å². The third-order valence-electron chi connectivity index (χ3n) is 3.69. The first-order chi connectivity index (χ1) is 10.2. The van der Waals surface area contributed by atoms with Crippen LogP contribution in [0.5, 0.6) is 0 Å². The standard InChI is InChI=1S/C16H17BrClN3/c17-15-8-14(9-19-16(15)18)20-13-6-7-21(11-13)10-12-4-2-1-3-5-12/h1-5,8-9,13,20H,6-7,10-11H2. The molecule has 0 radical (unpaired) electrons. The molecule has 1 aliphatic rings. The summed E-state index contributed by atoms with van der Waals surface area (Å²) >= 11 is 9.32. The lowest BCUT2D eigenvalue weighted by atomic mass is 10.2. The maximum atomic E-state index is 5.92. The lowest BCUT2D eigenvalue weighted by Crippen LogP contribution is -2.26. The van der Waals surface area contributed by atoms with Crippen molar-refractivity contribution < 1.29 is 0 Å². The van der Waals surface area contributed by atoms with Crippen molar-refractivity contribution in [3.05, 3.63) is 57.8 Å². The van der Waals surface area contributed by atoms with Gasteiger partial charge >= 0.3 is 0 Å². The lowest BCUT2D eigenvalue weighted by Gasteiger charge is -2.17. The van der Waals surface area contributed by atoms with Crippen LogP contribution in [0.25, 0.3) is 0 Å². The molecule has 2 heterocycles. The Morgan fingerprint density at radius 1 is 1.33 bits per heavy atom. The molecule has 1 N–H and O–H groups in total. The van der Waals surface area contributed by atoms with Gasteiger partial charge in [0, 0.05) is 25.7 Å². The van der Waals surface area contributed by atoms with Gasteiger partial charge in [0.2, 0.25) is 0 Å². The smallest absolute Gasteiger partial charge is 0.143 e. The molecular formula is C16H17BrClN3. The number of likely N-dealkylation sites (tertiary alicyclic amines) is 1. The molecule has 1 aromatic carbocycles. The van der Waals surface area contributed by atoms with Gasteiger partial charge in [0.25, 0.3) is 0 Å². The fourth-order valence-corrected chi connectivity index (χ4v) is 3.12. The molecule has 3 rings (SSSR count). The van der Waals surface area contributed by atoms with E-state index in [9.17, 15) is 0 Å². The summed E-state index contributed by atoms with van der Waals surface area (Å²) < 4.78 is 0.827. The summed E-state index contributed by atoms with van der Waals surface area (Å²) in [5.74, 6) is 0. The van der Waals surface area contributed by atoms with Crippen molar-refractivity contribution in [2.75, 3.05) is 18.4 Å². The molecular weight excluding hydrogens is 350 g/mol. The highest BCUT2D eigenvalue weighted by Crippen LogP contribution is 2.24. The maximum absolute atomic E-state index is 5.92. The van der Waals surface area contributed by atoms with Gasteiger partial charge in [-0.15, -0.1) is 0 Å². The number of nitrogens with one attached hydrogen (secondary N) is 1. The molecule has 0 saturated carbocycles. The molecule has 1 unspecified atom stereocenters. The first-order valence-corrected chi connectivity index (χ1v) is 8.21. The molecule has 0 spiro atoms. The number of aromatic nitrogens is 1. The molecule has 110 valence electrons. The number of benzene rings is 1. The highest BCUT2D eigenvalue weighted by molar-refractivity contribution is 9.10. The highest BCUT2D eigenvalue weighted by Gasteiger charge is 2.22. The van der Waals surface area contributed by atoms with E-state index in [1.165, 1.54) is 5.56 Å². The molecule has 0 bridgehead atoms. The van der Waals surface area contributed by atoms with Crippen molar-refractivity contribution in [1.82, 2.24) is 9.88 Å². The fraction of sp³-hybridized carbons (Fsp3) is 0.312. The SMILES string of the molecule is Clc1ncc(NC2CCN(Cc3ccccc3)C2)cc1Br. The summed E-state index contributed by atoms with van der Waals surface area (Å²) in [7, 11) is 0. The lowest BCUT2D eigenvalue weighted by molar-refractivity contribution is 0.328. The molecule has 0 amide bonds. The van der Waals surface area contributed by atoms with Gasteiger partial charge in [-0.2, -0.15) is 0 Å². The maximum Gasteiger partial charge on any atom is 0.143 e. The van der Waals surface area contributed by atoms with Gasteiger partial charge in [-0.3, -0.25) is 4.90 Å². The molecule has 2 aromatic rings. The third kappa shape index (κ3) is 3.96. The number of hydrogen-bond acceptors (Lipinski definition) is 3. The highest BCUT2D eigenvalue weighted by atomic mass is 79.9. The average Bonchev–Trinajstić information content (AvgIpc) is 2.91. The molecule has 1 aromatic heterocycles. The van der Waals surface area contributed by atoms with Crippen molar-refractivity contribution in [2.45, 2.75) is 19.0 Å². The topological polar surface area (TPSA) is 28.2 Å². The molecule has 3 nitrogen and oxygen atoms in total. The normalized spacial score (nSPS) is 18.9. The van der Waals surface area contributed by atoms with Crippen LogP contribution in [0.3, 0.4) is 0 Å². The second-order valence-electron chi connectivity index (χ2n) is 5.35. The van der Waals surface area contributed by atoms with Gasteiger partial charge in [-0.1, -0.05) is 41.9 Å². The molecule has 0 aliphatic carbocycles. The van der Waals surface area contributed by atoms with E-state index in [4.69, 9.17) is 11.6 Å². The molecule has 1 fully saturated rings. The van der Waals surface area contributed by atoms with Crippen molar-refractivity contribution in [3.8, 4) is 0 Å². The Hall–Kier alpha value is -1.10. The zero-order valence-corrected chi connectivity index (χ0v) is 13.9. The minimum Gasteiger partial charge on any atom is -0.380 e. The van der Waals surface area contributed by atoms with E-state index in [1.807, 2.05) is 6.07 Å². The van der Waals surface area contributed by atoms with E-state index in [0.29, 0.717) is 11.2 Å². The fourth-order valence-electron chi connectivity index (χ4n) is 2.67. The summed E-state index contributed by atoms with van der Waals surface area (Å²) in [4.78, 5) is 6.63. The van der Waals surface area contributed by atoms with E-state index in [2.05, 4.69) is 61.5 Å². The zero-order chi connectivity index (χ0) is 14.7. The summed E-state index contributed by atoms with van der Waals surface area (Å²) in [6, 6.07) is 13.1. The quantitative estimate of drug-likeness (QED) is 0.823. The Labute approximate surface area is 138 Å². The second-order valence-corrected chi connectivity index (χ2v) is 6.56. The van der Waals surface area contributed by atoms with E-state index >= 15 is 0 Å². The first kappa shape index (κ1) is 14.8. The Balaban J connectivity index is 1.56. The van der Waals surface area contributed by atoms with Crippen LogP contribution in [-0.2, 0) is 6.54 Å². The molecule has 1 atom stereocenters. The zero-order valence-electron chi connectivity index (χ0n) is 11.6. The number of nitrogens with zero attached hydrogens (tertiary/aromatic N) is 2. The summed E-state index contributed by atoms with van der Waals surface area (Å²) in [6.07, 6.45) is 2.93. The number of rotatable bonds is 4. The Bertz CT molecular complexity index is 606. The molecule has 1 aliphatic heterocycles. The van der Waals surface area contributed by atoms with Crippen LogP contribution in [0.4, 0.5) is 5.69 Å². The second kappa shape index (κ2) is 6.77. The van der Waals surface area contributed by atoms with Gasteiger partial charge in [-0.25, -0.2) is 4.98 Å². The van der Waals surface area contributed by atoms with Gasteiger partial charge in [-0.05, 0) is 34.0 Å². The summed E-state index contributed by atoms with van der Waals surface area (Å²) in [6.45, 7) is 3.19. The minimum atomic E-state index is 0.462. The van der Waals surface area contributed by atoms with E-state index in [-0.39, 0.29) is 0 Å². The van der Waals surface area contributed by atoms with Crippen LogP contribution in [0.15, 0.2) is 47.1 Å². The summed E-state index contributed by atoms with van der Waals surface area (Å²) in [5, 5.41) is 4.03. The summed E-state index contributed by atoms with van der Waals surface area (Å²) in [5.41, 5.74) is 2.38. The Morgan fingerprint density at radius 2 is 2.14 bits per heavy atom. The van der Waals surface area contributed by atoms with Crippen LogP contribution >= 0.6 is 27.5 Å². The van der Waals surface area contributed by atoms with E-state index in [0.717, 1.165) is 36.2 Å². The minimum absolute atomic E-state index is 0.462. The van der Waals surface area contributed by atoms with Crippen molar-refractivity contribution in [3.63, 3.8) is 0 Å².